The minimum absolute atomic E-state index is 0.0241. The fourth-order valence-corrected chi connectivity index (χ4v) is 3.72. The van der Waals surface area contributed by atoms with Gasteiger partial charge in [-0.15, -0.1) is 0 Å². The molecule has 7 nitrogen and oxygen atoms in total. The van der Waals surface area contributed by atoms with Gasteiger partial charge in [0.05, 0.1) is 17.2 Å². The highest BCUT2D eigenvalue weighted by Gasteiger charge is 2.22. The number of aryl methyl sites for hydroxylation is 1. The first-order valence-electron chi connectivity index (χ1n) is 9.08. The van der Waals surface area contributed by atoms with Crippen LogP contribution >= 0.6 is 0 Å². The lowest BCUT2D eigenvalue weighted by molar-refractivity contribution is 0.0637. The van der Waals surface area contributed by atoms with Gasteiger partial charge in [0, 0.05) is 38.8 Å². The monoisotopic (exact) mass is 353 g/mol. The molecule has 0 N–H and O–H groups in total. The van der Waals surface area contributed by atoms with Gasteiger partial charge in [-0.25, -0.2) is 4.52 Å². The topological polar surface area (TPSA) is 62.8 Å². The zero-order valence-electron chi connectivity index (χ0n) is 15.2. The summed E-state index contributed by atoms with van der Waals surface area (Å²) in [6.07, 6.45) is 2.75. The fraction of sp³-hybridized carbons (Fsp3) is 0.421. The van der Waals surface area contributed by atoms with Crippen LogP contribution in [0.1, 0.15) is 23.7 Å². The number of piperazine rings is 1. The van der Waals surface area contributed by atoms with Crippen LogP contribution < -0.4 is 5.56 Å². The maximum Gasteiger partial charge on any atom is 0.276 e. The molecule has 1 aliphatic rings. The van der Waals surface area contributed by atoms with E-state index in [1.54, 1.807) is 34.5 Å². The largest absolute Gasteiger partial charge is 0.336 e. The van der Waals surface area contributed by atoms with Crippen molar-refractivity contribution in [3.05, 3.63) is 46.4 Å². The Labute approximate surface area is 151 Å². The molecule has 1 saturated heterocycles. The number of amides is 1. The van der Waals surface area contributed by atoms with E-state index in [4.69, 9.17) is 0 Å². The number of hydrogen-bond acceptors (Lipinski definition) is 4. The SMILES string of the molecule is CCCN1CCN(C(=O)c2ccc3c(c2)n(C)c(=O)c2ccnn23)CC1. The van der Waals surface area contributed by atoms with Gasteiger partial charge in [-0.2, -0.15) is 5.10 Å². The third-order valence-corrected chi connectivity index (χ3v) is 5.18. The summed E-state index contributed by atoms with van der Waals surface area (Å²) >= 11 is 0. The highest BCUT2D eigenvalue weighted by atomic mass is 16.2. The Bertz CT molecular complexity index is 1030. The second-order valence-corrected chi connectivity index (χ2v) is 6.83. The Balaban J connectivity index is 1.67. The Hall–Kier alpha value is -2.67. The lowest BCUT2D eigenvalue weighted by Crippen LogP contribution is -2.48. The van der Waals surface area contributed by atoms with E-state index >= 15 is 0 Å². The van der Waals surface area contributed by atoms with Crippen molar-refractivity contribution in [3.8, 4) is 0 Å². The predicted octanol–water partition coefficient (Wildman–Crippen LogP) is 1.35. The summed E-state index contributed by atoms with van der Waals surface area (Å²) < 4.78 is 3.22. The van der Waals surface area contributed by atoms with Gasteiger partial charge in [-0.1, -0.05) is 6.92 Å². The fourth-order valence-electron chi connectivity index (χ4n) is 3.72. The van der Waals surface area contributed by atoms with Crippen LogP contribution in [0, 0.1) is 0 Å². The predicted molar refractivity (Wildman–Crippen MR) is 101 cm³/mol. The molecule has 1 fully saturated rings. The Morgan fingerprint density at radius 2 is 1.85 bits per heavy atom. The van der Waals surface area contributed by atoms with Gasteiger partial charge >= 0.3 is 0 Å². The summed E-state index contributed by atoms with van der Waals surface area (Å²) in [5.41, 5.74) is 2.56. The van der Waals surface area contributed by atoms with E-state index in [1.165, 1.54) is 0 Å². The highest BCUT2D eigenvalue weighted by molar-refractivity contribution is 5.97. The highest BCUT2D eigenvalue weighted by Crippen LogP contribution is 2.17. The summed E-state index contributed by atoms with van der Waals surface area (Å²) in [4.78, 5) is 29.7. The lowest BCUT2D eigenvalue weighted by Gasteiger charge is -2.34. The third-order valence-electron chi connectivity index (χ3n) is 5.18. The first kappa shape index (κ1) is 16.8. The van der Waals surface area contributed by atoms with Crippen molar-refractivity contribution in [3.63, 3.8) is 0 Å². The molecule has 7 heteroatoms. The number of aromatic nitrogens is 3. The molecule has 3 heterocycles. The average Bonchev–Trinajstić information content (AvgIpc) is 3.16. The second-order valence-electron chi connectivity index (χ2n) is 6.83. The van der Waals surface area contributed by atoms with Gasteiger partial charge in [-0.3, -0.25) is 14.5 Å². The van der Waals surface area contributed by atoms with Crippen LogP contribution in [0.4, 0.5) is 0 Å². The number of benzene rings is 1. The minimum Gasteiger partial charge on any atom is -0.336 e. The van der Waals surface area contributed by atoms with Crippen molar-refractivity contribution in [2.75, 3.05) is 32.7 Å². The van der Waals surface area contributed by atoms with Crippen LogP contribution in [-0.2, 0) is 7.05 Å². The lowest BCUT2D eigenvalue weighted by atomic mass is 10.1. The second kappa shape index (κ2) is 6.57. The zero-order valence-corrected chi connectivity index (χ0v) is 15.2. The molecule has 3 aromatic rings. The maximum absolute atomic E-state index is 12.9. The van der Waals surface area contributed by atoms with Gasteiger partial charge in [0.2, 0.25) is 0 Å². The van der Waals surface area contributed by atoms with Crippen LogP contribution in [0.15, 0.2) is 35.3 Å². The molecule has 0 aliphatic carbocycles. The van der Waals surface area contributed by atoms with E-state index in [1.807, 2.05) is 17.0 Å². The van der Waals surface area contributed by atoms with E-state index in [-0.39, 0.29) is 11.5 Å². The quantitative estimate of drug-likeness (QED) is 0.713. The molecule has 0 spiro atoms. The summed E-state index contributed by atoms with van der Waals surface area (Å²) in [7, 11) is 1.73. The summed E-state index contributed by atoms with van der Waals surface area (Å²) in [5.74, 6) is 0.0241. The number of carbonyl (C=O) groups excluding carboxylic acids is 1. The Kier molecular flexibility index (Phi) is 4.24. The third kappa shape index (κ3) is 2.68. The average molecular weight is 353 g/mol. The van der Waals surface area contributed by atoms with Gasteiger partial charge in [0.1, 0.15) is 5.52 Å². The van der Waals surface area contributed by atoms with Gasteiger partial charge in [0.25, 0.3) is 11.5 Å². The Morgan fingerprint density at radius 1 is 1.08 bits per heavy atom. The molecule has 136 valence electrons. The number of hydrogen-bond donors (Lipinski definition) is 0. The van der Waals surface area contributed by atoms with Crippen LogP contribution in [-0.4, -0.2) is 62.6 Å². The van der Waals surface area contributed by atoms with E-state index in [0.29, 0.717) is 16.6 Å². The maximum atomic E-state index is 12.9. The molecule has 0 bridgehead atoms. The molecular formula is C19H23N5O2. The molecule has 2 aromatic heterocycles. The van der Waals surface area contributed by atoms with Crippen molar-refractivity contribution in [2.24, 2.45) is 7.05 Å². The van der Waals surface area contributed by atoms with Crippen LogP contribution in [0.5, 0.6) is 0 Å². The molecule has 1 amide bonds. The normalized spacial score (nSPS) is 15.8. The van der Waals surface area contributed by atoms with Crippen molar-refractivity contribution in [1.82, 2.24) is 24.0 Å². The van der Waals surface area contributed by atoms with Crippen molar-refractivity contribution in [1.29, 1.82) is 0 Å². The molecule has 1 aromatic carbocycles. The van der Waals surface area contributed by atoms with Crippen LogP contribution in [0.2, 0.25) is 0 Å². The molecular weight excluding hydrogens is 330 g/mol. The number of carbonyl (C=O) groups is 1. The summed E-state index contributed by atoms with van der Waals surface area (Å²) in [6, 6.07) is 7.21. The standard InChI is InChI=1S/C19H23N5O2/c1-3-8-22-9-11-23(12-10-22)18(25)14-4-5-15-17(13-14)21(2)19(26)16-6-7-20-24(15)16/h4-7,13H,3,8-12H2,1-2H3. The molecule has 0 unspecified atom stereocenters. The summed E-state index contributed by atoms with van der Waals surface area (Å²) in [6.45, 7) is 6.58. The van der Waals surface area contributed by atoms with Gasteiger partial charge in [-0.05, 0) is 37.2 Å². The number of rotatable bonds is 3. The molecule has 0 radical (unpaired) electrons. The van der Waals surface area contributed by atoms with E-state index in [9.17, 15) is 9.59 Å². The Morgan fingerprint density at radius 3 is 2.58 bits per heavy atom. The number of nitrogens with zero attached hydrogens (tertiary/aromatic N) is 5. The molecule has 0 atom stereocenters. The van der Waals surface area contributed by atoms with Crippen LogP contribution in [0.3, 0.4) is 0 Å². The smallest absolute Gasteiger partial charge is 0.276 e. The van der Waals surface area contributed by atoms with Crippen molar-refractivity contribution in [2.45, 2.75) is 13.3 Å². The first-order valence-corrected chi connectivity index (χ1v) is 9.08. The summed E-state index contributed by atoms with van der Waals surface area (Å²) in [5, 5.41) is 4.24. The van der Waals surface area contributed by atoms with E-state index < -0.39 is 0 Å². The van der Waals surface area contributed by atoms with Gasteiger partial charge in [0.15, 0.2) is 0 Å². The van der Waals surface area contributed by atoms with E-state index in [2.05, 4.69) is 16.9 Å². The van der Waals surface area contributed by atoms with E-state index in [0.717, 1.165) is 44.7 Å². The van der Waals surface area contributed by atoms with Crippen molar-refractivity contribution >= 4 is 22.5 Å². The molecule has 26 heavy (non-hydrogen) atoms. The molecule has 1 aliphatic heterocycles. The molecule has 0 saturated carbocycles. The number of fused-ring (bicyclic) bond motifs is 3. The first-order chi connectivity index (χ1) is 12.6. The van der Waals surface area contributed by atoms with Crippen molar-refractivity contribution < 1.29 is 4.79 Å². The molecule has 4 rings (SSSR count). The van der Waals surface area contributed by atoms with Crippen LogP contribution in [0.25, 0.3) is 16.6 Å². The zero-order chi connectivity index (χ0) is 18.3. The van der Waals surface area contributed by atoms with Gasteiger partial charge < -0.3 is 9.47 Å². The minimum atomic E-state index is -0.118.